The smallest absolute Gasteiger partial charge is 0.261 e. The first-order valence-corrected chi connectivity index (χ1v) is 6.58. The molecule has 0 saturated heterocycles. The number of nitrogens with zero attached hydrogens (tertiary/aromatic N) is 3. The van der Waals surface area contributed by atoms with Crippen LogP contribution in [-0.4, -0.2) is 14.9 Å². The van der Waals surface area contributed by atoms with Crippen molar-refractivity contribution in [2.45, 2.75) is 19.3 Å². The maximum Gasteiger partial charge on any atom is 0.270 e. The number of nitro benzene ring substituents is 1. The average Bonchev–Trinajstić information content (AvgIpc) is 2.47. The van der Waals surface area contributed by atoms with Crippen molar-refractivity contribution in [1.29, 1.82) is 0 Å². The van der Waals surface area contributed by atoms with Crippen molar-refractivity contribution in [3.8, 4) is 0 Å². The number of fused-ring (bicyclic) bond motifs is 2. The fourth-order valence-electron chi connectivity index (χ4n) is 3.00. The summed E-state index contributed by atoms with van der Waals surface area (Å²) in [5, 5.41) is 13.9. The van der Waals surface area contributed by atoms with Crippen LogP contribution in [0.25, 0.3) is 21.7 Å². The minimum atomic E-state index is -0.368. The quantitative estimate of drug-likeness (QED) is 0.385. The van der Waals surface area contributed by atoms with Gasteiger partial charge in [-0.15, -0.1) is 0 Å². The molecule has 0 radical (unpaired) electrons. The molecule has 1 aliphatic carbocycles. The van der Waals surface area contributed by atoms with Crippen LogP contribution in [-0.2, 0) is 12.8 Å². The molecule has 0 unspecified atom stereocenters. The molecule has 5 heteroatoms. The summed E-state index contributed by atoms with van der Waals surface area (Å²) in [6.07, 6.45) is 4.74. The zero-order chi connectivity index (χ0) is 13.7. The fourth-order valence-corrected chi connectivity index (χ4v) is 3.00. The van der Waals surface area contributed by atoms with E-state index in [4.69, 9.17) is 0 Å². The highest BCUT2D eigenvalue weighted by Crippen LogP contribution is 2.33. The third-order valence-electron chi connectivity index (χ3n) is 3.88. The number of aromatic nitrogens is 2. The van der Waals surface area contributed by atoms with E-state index in [1.165, 1.54) is 6.07 Å². The van der Waals surface area contributed by atoms with Crippen LogP contribution in [0.4, 0.5) is 5.69 Å². The van der Waals surface area contributed by atoms with Crippen LogP contribution < -0.4 is 0 Å². The standard InChI is InChI=1S/C15H11N3O2/c19-18(20)9-4-5-12-11(8-9)10-6-7-16-13-2-1-3-14(17-12)15(10)13/h4-8H,1-3H2. The van der Waals surface area contributed by atoms with Gasteiger partial charge in [-0.1, -0.05) is 0 Å². The number of nitro groups is 1. The molecule has 0 saturated carbocycles. The van der Waals surface area contributed by atoms with Gasteiger partial charge >= 0.3 is 0 Å². The molecule has 0 aliphatic heterocycles. The van der Waals surface area contributed by atoms with E-state index in [1.54, 1.807) is 18.3 Å². The molecular formula is C15H11N3O2. The van der Waals surface area contributed by atoms with Crippen LogP contribution in [0.15, 0.2) is 30.5 Å². The molecule has 3 aromatic rings. The maximum absolute atomic E-state index is 11.0. The molecule has 1 aromatic carbocycles. The predicted molar refractivity (Wildman–Crippen MR) is 75.7 cm³/mol. The van der Waals surface area contributed by atoms with E-state index in [0.717, 1.165) is 52.3 Å². The second kappa shape index (κ2) is 3.96. The van der Waals surface area contributed by atoms with Crippen LogP contribution in [0.3, 0.4) is 0 Å². The van der Waals surface area contributed by atoms with Crippen molar-refractivity contribution in [3.05, 3.63) is 52.0 Å². The summed E-state index contributed by atoms with van der Waals surface area (Å²) in [5.41, 5.74) is 3.04. The Kier molecular flexibility index (Phi) is 2.24. The Bertz CT molecular complexity index is 874. The van der Waals surface area contributed by atoms with Crippen LogP contribution in [0, 0.1) is 10.1 Å². The summed E-state index contributed by atoms with van der Waals surface area (Å²) in [4.78, 5) is 19.7. The van der Waals surface area contributed by atoms with Crippen molar-refractivity contribution in [1.82, 2.24) is 9.97 Å². The summed E-state index contributed by atoms with van der Waals surface area (Å²) in [6, 6.07) is 6.79. The molecule has 5 nitrogen and oxygen atoms in total. The SMILES string of the molecule is O=[N+]([O-])c1ccc2nc3c4c(nccc4c2c1)CCC3. The summed E-state index contributed by atoms with van der Waals surface area (Å²) in [6.45, 7) is 0. The highest BCUT2D eigenvalue weighted by molar-refractivity contribution is 6.08. The maximum atomic E-state index is 11.0. The second-order valence-electron chi connectivity index (χ2n) is 5.05. The third kappa shape index (κ3) is 1.49. The Labute approximate surface area is 114 Å². The van der Waals surface area contributed by atoms with E-state index in [1.807, 2.05) is 6.07 Å². The van der Waals surface area contributed by atoms with Crippen molar-refractivity contribution in [2.75, 3.05) is 0 Å². The first-order chi connectivity index (χ1) is 9.74. The van der Waals surface area contributed by atoms with Crippen LogP contribution in [0.5, 0.6) is 0 Å². The minimum absolute atomic E-state index is 0.101. The molecule has 0 fully saturated rings. The number of rotatable bonds is 1. The number of aryl methyl sites for hydroxylation is 2. The molecule has 0 atom stereocenters. The molecule has 2 heterocycles. The normalized spacial score (nSPS) is 13.8. The molecule has 0 bridgehead atoms. The molecule has 0 amide bonds. The Balaban J connectivity index is 2.18. The zero-order valence-corrected chi connectivity index (χ0v) is 10.7. The number of hydrogen-bond acceptors (Lipinski definition) is 4. The lowest BCUT2D eigenvalue weighted by Gasteiger charge is -2.16. The third-order valence-corrected chi connectivity index (χ3v) is 3.88. The molecular weight excluding hydrogens is 254 g/mol. The summed E-state index contributed by atoms with van der Waals surface area (Å²) in [5.74, 6) is 0. The van der Waals surface area contributed by atoms with Gasteiger partial charge in [0.05, 0.1) is 21.8 Å². The van der Waals surface area contributed by atoms with Gasteiger partial charge in [0, 0.05) is 29.1 Å². The molecule has 0 N–H and O–H groups in total. The minimum Gasteiger partial charge on any atom is -0.261 e. The monoisotopic (exact) mass is 265 g/mol. The first kappa shape index (κ1) is 11.3. The van der Waals surface area contributed by atoms with E-state index in [0.29, 0.717) is 0 Å². The number of hydrogen-bond donors (Lipinski definition) is 0. The van der Waals surface area contributed by atoms with Gasteiger partial charge in [-0.3, -0.25) is 20.1 Å². The Morgan fingerprint density at radius 1 is 1.10 bits per heavy atom. The van der Waals surface area contributed by atoms with Crippen LogP contribution in [0.2, 0.25) is 0 Å². The lowest BCUT2D eigenvalue weighted by atomic mass is 9.94. The van der Waals surface area contributed by atoms with Gasteiger partial charge in [-0.25, -0.2) is 0 Å². The van der Waals surface area contributed by atoms with Crippen molar-refractivity contribution >= 4 is 27.4 Å². The second-order valence-corrected chi connectivity index (χ2v) is 5.05. The number of pyridine rings is 2. The van der Waals surface area contributed by atoms with Crippen molar-refractivity contribution in [2.24, 2.45) is 0 Å². The van der Waals surface area contributed by atoms with Gasteiger partial charge in [-0.05, 0) is 36.8 Å². The summed E-state index contributed by atoms with van der Waals surface area (Å²) in [7, 11) is 0. The van der Waals surface area contributed by atoms with Gasteiger partial charge in [-0.2, -0.15) is 0 Å². The van der Waals surface area contributed by atoms with Gasteiger partial charge < -0.3 is 0 Å². The van der Waals surface area contributed by atoms with E-state index < -0.39 is 0 Å². The molecule has 1 aliphatic rings. The summed E-state index contributed by atoms with van der Waals surface area (Å²) >= 11 is 0. The lowest BCUT2D eigenvalue weighted by Crippen LogP contribution is -2.06. The molecule has 2 aromatic heterocycles. The van der Waals surface area contributed by atoms with E-state index in [9.17, 15) is 10.1 Å². The highest BCUT2D eigenvalue weighted by Gasteiger charge is 2.18. The first-order valence-electron chi connectivity index (χ1n) is 6.58. The van der Waals surface area contributed by atoms with Crippen molar-refractivity contribution < 1.29 is 4.92 Å². The Hall–Kier alpha value is -2.56. The van der Waals surface area contributed by atoms with E-state index >= 15 is 0 Å². The zero-order valence-electron chi connectivity index (χ0n) is 10.7. The Morgan fingerprint density at radius 3 is 2.80 bits per heavy atom. The van der Waals surface area contributed by atoms with Crippen LogP contribution >= 0.6 is 0 Å². The summed E-state index contributed by atoms with van der Waals surface area (Å²) < 4.78 is 0. The molecule has 98 valence electrons. The Morgan fingerprint density at radius 2 is 1.95 bits per heavy atom. The number of non-ortho nitro benzene ring substituents is 1. The largest absolute Gasteiger partial charge is 0.270 e. The van der Waals surface area contributed by atoms with Gasteiger partial charge in [0.15, 0.2) is 0 Å². The van der Waals surface area contributed by atoms with E-state index in [-0.39, 0.29) is 10.6 Å². The fraction of sp³-hybridized carbons (Fsp3) is 0.200. The van der Waals surface area contributed by atoms with Gasteiger partial charge in [0.2, 0.25) is 0 Å². The van der Waals surface area contributed by atoms with Crippen molar-refractivity contribution in [3.63, 3.8) is 0 Å². The molecule has 20 heavy (non-hydrogen) atoms. The number of benzene rings is 1. The van der Waals surface area contributed by atoms with Crippen LogP contribution in [0.1, 0.15) is 17.8 Å². The van der Waals surface area contributed by atoms with E-state index in [2.05, 4.69) is 9.97 Å². The predicted octanol–water partition coefficient (Wildman–Crippen LogP) is 3.18. The van der Waals surface area contributed by atoms with Gasteiger partial charge in [0.25, 0.3) is 5.69 Å². The molecule has 4 rings (SSSR count). The van der Waals surface area contributed by atoms with Gasteiger partial charge in [0.1, 0.15) is 0 Å². The average molecular weight is 265 g/mol. The lowest BCUT2D eigenvalue weighted by molar-refractivity contribution is -0.384. The topological polar surface area (TPSA) is 68.9 Å². The highest BCUT2D eigenvalue weighted by atomic mass is 16.6. The molecule has 0 spiro atoms.